The fourth-order valence-corrected chi connectivity index (χ4v) is 2.70. The van der Waals surface area contributed by atoms with E-state index in [1.54, 1.807) is 11.3 Å². The fourth-order valence-electron chi connectivity index (χ4n) is 1.91. The molecule has 92 valence electrons. The Morgan fingerprint density at radius 2 is 2.29 bits per heavy atom. The second-order valence-electron chi connectivity index (χ2n) is 4.46. The summed E-state index contributed by atoms with van der Waals surface area (Å²) < 4.78 is 1.28. The fraction of sp³-hybridized carbons (Fsp3) is 0.500. The van der Waals surface area contributed by atoms with Gasteiger partial charge in [0.15, 0.2) is 0 Å². The van der Waals surface area contributed by atoms with Gasteiger partial charge >= 0.3 is 0 Å². The number of hydrogen-bond donors (Lipinski definition) is 1. The molecule has 0 spiro atoms. The first-order chi connectivity index (χ1) is 8.31. The minimum absolute atomic E-state index is 0.394. The SMILES string of the molecule is CCCCCNC(C)c1cnc2ccsc2c1. The molecule has 2 nitrogen and oxygen atoms in total. The third kappa shape index (κ3) is 3.27. The number of pyridine rings is 1. The lowest BCUT2D eigenvalue weighted by molar-refractivity contribution is 0.543. The Kier molecular flexibility index (Phi) is 4.51. The summed E-state index contributed by atoms with van der Waals surface area (Å²) in [6.45, 7) is 5.54. The Balaban J connectivity index is 1.95. The molecule has 0 aliphatic heterocycles. The zero-order valence-electron chi connectivity index (χ0n) is 10.6. The summed E-state index contributed by atoms with van der Waals surface area (Å²) in [7, 11) is 0. The zero-order chi connectivity index (χ0) is 12.1. The number of nitrogens with one attached hydrogen (secondary N) is 1. The average molecular weight is 248 g/mol. The highest BCUT2D eigenvalue weighted by Gasteiger charge is 2.06. The molecule has 0 aliphatic rings. The topological polar surface area (TPSA) is 24.9 Å². The first-order valence-corrected chi connectivity index (χ1v) is 7.25. The van der Waals surface area contributed by atoms with Crippen LogP contribution in [0.25, 0.3) is 10.2 Å². The molecule has 2 heterocycles. The quantitative estimate of drug-likeness (QED) is 0.777. The third-order valence-corrected chi connectivity index (χ3v) is 3.91. The van der Waals surface area contributed by atoms with Gasteiger partial charge in [0, 0.05) is 12.2 Å². The predicted molar refractivity (Wildman–Crippen MR) is 75.6 cm³/mol. The van der Waals surface area contributed by atoms with E-state index in [-0.39, 0.29) is 0 Å². The van der Waals surface area contributed by atoms with Crippen molar-refractivity contribution in [3.05, 3.63) is 29.3 Å². The highest BCUT2D eigenvalue weighted by molar-refractivity contribution is 7.17. The van der Waals surface area contributed by atoms with Gasteiger partial charge in [0.1, 0.15) is 0 Å². The van der Waals surface area contributed by atoms with Gasteiger partial charge in [0.2, 0.25) is 0 Å². The Bertz CT molecular complexity index is 464. The molecule has 0 aromatic carbocycles. The highest BCUT2D eigenvalue weighted by atomic mass is 32.1. The van der Waals surface area contributed by atoms with Crippen LogP contribution >= 0.6 is 11.3 Å². The first kappa shape index (κ1) is 12.5. The Morgan fingerprint density at radius 1 is 1.41 bits per heavy atom. The lowest BCUT2D eigenvalue weighted by Gasteiger charge is -2.13. The second-order valence-corrected chi connectivity index (χ2v) is 5.40. The number of hydrogen-bond acceptors (Lipinski definition) is 3. The van der Waals surface area contributed by atoms with E-state index < -0.39 is 0 Å². The van der Waals surface area contributed by atoms with Crippen LogP contribution in [0.4, 0.5) is 0 Å². The summed E-state index contributed by atoms with van der Waals surface area (Å²) in [6, 6.07) is 4.72. The monoisotopic (exact) mass is 248 g/mol. The largest absolute Gasteiger partial charge is 0.310 e. The molecule has 0 saturated heterocycles. The normalized spacial score (nSPS) is 13.1. The molecule has 0 radical (unpaired) electrons. The summed E-state index contributed by atoms with van der Waals surface area (Å²) in [6.07, 6.45) is 5.84. The zero-order valence-corrected chi connectivity index (χ0v) is 11.4. The predicted octanol–water partition coefficient (Wildman–Crippen LogP) is 4.14. The lowest BCUT2D eigenvalue weighted by Crippen LogP contribution is -2.19. The van der Waals surface area contributed by atoms with Crippen LogP contribution in [-0.2, 0) is 0 Å². The van der Waals surface area contributed by atoms with Gasteiger partial charge in [-0.2, -0.15) is 0 Å². The number of unbranched alkanes of at least 4 members (excludes halogenated alkanes) is 2. The van der Waals surface area contributed by atoms with Gasteiger partial charge in [-0.3, -0.25) is 4.98 Å². The van der Waals surface area contributed by atoms with Crippen molar-refractivity contribution >= 4 is 21.6 Å². The van der Waals surface area contributed by atoms with Gasteiger partial charge in [-0.1, -0.05) is 19.8 Å². The van der Waals surface area contributed by atoms with Crippen molar-refractivity contribution in [1.29, 1.82) is 0 Å². The van der Waals surface area contributed by atoms with Crippen LogP contribution in [0.3, 0.4) is 0 Å². The van der Waals surface area contributed by atoms with Crippen molar-refractivity contribution in [2.45, 2.75) is 39.2 Å². The van der Waals surface area contributed by atoms with Crippen molar-refractivity contribution in [3.8, 4) is 0 Å². The van der Waals surface area contributed by atoms with Gasteiger partial charge in [0.05, 0.1) is 10.2 Å². The molecule has 1 N–H and O–H groups in total. The third-order valence-electron chi connectivity index (χ3n) is 3.05. The molecule has 1 unspecified atom stereocenters. The van der Waals surface area contributed by atoms with Crippen LogP contribution < -0.4 is 5.32 Å². The number of aromatic nitrogens is 1. The van der Waals surface area contributed by atoms with E-state index in [9.17, 15) is 0 Å². The summed E-state index contributed by atoms with van der Waals surface area (Å²) in [4.78, 5) is 4.48. The van der Waals surface area contributed by atoms with Crippen LogP contribution in [0.5, 0.6) is 0 Å². The van der Waals surface area contributed by atoms with E-state index in [2.05, 4.69) is 41.7 Å². The Hall–Kier alpha value is -0.930. The van der Waals surface area contributed by atoms with Crippen molar-refractivity contribution in [2.75, 3.05) is 6.54 Å². The van der Waals surface area contributed by atoms with Gasteiger partial charge in [-0.15, -0.1) is 11.3 Å². The van der Waals surface area contributed by atoms with E-state index in [0.717, 1.165) is 12.1 Å². The summed E-state index contributed by atoms with van der Waals surface area (Å²) in [5, 5.41) is 5.65. The standard InChI is InChI=1S/C14H20N2S/c1-3-4-5-7-15-11(2)12-9-14-13(16-10-12)6-8-17-14/h6,8-11,15H,3-5,7H2,1-2H3. The number of nitrogens with zero attached hydrogens (tertiary/aromatic N) is 1. The van der Waals surface area contributed by atoms with E-state index in [1.807, 2.05) is 6.20 Å². The summed E-state index contributed by atoms with van der Waals surface area (Å²) in [5.41, 5.74) is 2.40. The molecule has 2 aromatic heterocycles. The lowest BCUT2D eigenvalue weighted by atomic mass is 10.1. The molecule has 3 heteroatoms. The van der Waals surface area contributed by atoms with Crippen molar-refractivity contribution in [3.63, 3.8) is 0 Å². The van der Waals surface area contributed by atoms with Crippen LogP contribution in [0.2, 0.25) is 0 Å². The first-order valence-electron chi connectivity index (χ1n) is 6.38. The van der Waals surface area contributed by atoms with E-state index in [4.69, 9.17) is 0 Å². The number of thiophene rings is 1. The van der Waals surface area contributed by atoms with Crippen molar-refractivity contribution in [2.24, 2.45) is 0 Å². The minimum Gasteiger partial charge on any atom is -0.310 e. The van der Waals surface area contributed by atoms with E-state index in [1.165, 1.54) is 29.5 Å². The van der Waals surface area contributed by atoms with Crippen molar-refractivity contribution in [1.82, 2.24) is 10.3 Å². The number of fused-ring (bicyclic) bond motifs is 1. The molecule has 17 heavy (non-hydrogen) atoms. The Morgan fingerprint density at radius 3 is 3.12 bits per heavy atom. The van der Waals surface area contributed by atoms with Crippen LogP contribution in [-0.4, -0.2) is 11.5 Å². The smallest absolute Gasteiger partial charge is 0.0809 e. The molecule has 0 bridgehead atoms. The molecular weight excluding hydrogens is 228 g/mol. The minimum atomic E-state index is 0.394. The summed E-state index contributed by atoms with van der Waals surface area (Å²) >= 11 is 1.76. The van der Waals surface area contributed by atoms with E-state index in [0.29, 0.717) is 6.04 Å². The molecule has 2 aromatic rings. The molecule has 0 saturated carbocycles. The molecule has 1 atom stereocenters. The van der Waals surface area contributed by atoms with Crippen molar-refractivity contribution < 1.29 is 0 Å². The molecule has 2 rings (SSSR count). The van der Waals surface area contributed by atoms with Gasteiger partial charge in [-0.25, -0.2) is 0 Å². The van der Waals surface area contributed by atoms with Crippen LogP contribution in [0.1, 0.15) is 44.7 Å². The van der Waals surface area contributed by atoms with Gasteiger partial charge in [0.25, 0.3) is 0 Å². The average Bonchev–Trinajstić information content (AvgIpc) is 2.81. The molecule has 0 aliphatic carbocycles. The van der Waals surface area contributed by atoms with E-state index >= 15 is 0 Å². The van der Waals surface area contributed by atoms with Crippen LogP contribution in [0.15, 0.2) is 23.7 Å². The van der Waals surface area contributed by atoms with Crippen LogP contribution in [0, 0.1) is 0 Å². The summed E-state index contributed by atoms with van der Waals surface area (Å²) in [5.74, 6) is 0. The molecular formula is C14H20N2S. The Labute approximate surface area is 107 Å². The maximum atomic E-state index is 4.48. The molecule has 0 fully saturated rings. The van der Waals surface area contributed by atoms with Gasteiger partial charge < -0.3 is 5.32 Å². The maximum Gasteiger partial charge on any atom is 0.0809 e. The maximum absolute atomic E-state index is 4.48. The highest BCUT2D eigenvalue weighted by Crippen LogP contribution is 2.22. The second kappa shape index (κ2) is 6.12. The van der Waals surface area contributed by atoms with Gasteiger partial charge in [-0.05, 0) is 43.0 Å². The molecule has 0 amide bonds. The number of rotatable bonds is 6.